The van der Waals surface area contributed by atoms with Crippen LogP contribution >= 0.6 is 0 Å². The molecule has 0 aliphatic carbocycles. The minimum absolute atomic E-state index is 0.205. The van der Waals surface area contributed by atoms with Gasteiger partial charge in [-0.25, -0.2) is 0 Å². The van der Waals surface area contributed by atoms with Crippen LogP contribution in [0.2, 0.25) is 0 Å². The summed E-state index contributed by atoms with van der Waals surface area (Å²) in [5.74, 6) is 0.490. The van der Waals surface area contributed by atoms with Gasteiger partial charge in [0.15, 0.2) is 6.10 Å². The fraction of sp³-hybridized carbons (Fsp3) is 0.222. The quantitative estimate of drug-likeness (QED) is 0.606. The van der Waals surface area contributed by atoms with E-state index in [1.165, 1.54) is 4.90 Å². The third kappa shape index (κ3) is 2.96. The van der Waals surface area contributed by atoms with Gasteiger partial charge >= 0.3 is 0 Å². The highest BCUT2D eigenvalue weighted by molar-refractivity contribution is 6.10. The number of rotatable bonds is 6. The maximum Gasteiger partial charge on any atom is 0.259 e. The molecule has 23 heavy (non-hydrogen) atoms. The van der Waals surface area contributed by atoms with Crippen molar-refractivity contribution < 1.29 is 19.1 Å². The average molecular weight is 311 g/mol. The van der Waals surface area contributed by atoms with Gasteiger partial charge in [-0.2, -0.15) is 0 Å². The highest BCUT2D eigenvalue weighted by Gasteiger charge is 2.49. The molecule has 0 bridgehead atoms. The van der Waals surface area contributed by atoms with Crippen molar-refractivity contribution in [1.82, 2.24) is 0 Å². The van der Waals surface area contributed by atoms with E-state index >= 15 is 0 Å². The van der Waals surface area contributed by atoms with Gasteiger partial charge in [0.25, 0.3) is 5.91 Å². The Morgan fingerprint density at radius 1 is 1.09 bits per heavy atom. The van der Waals surface area contributed by atoms with Crippen molar-refractivity contribution in [3.05, 3.63) is 60.2 Å². The number of β-lactam (4-membered cyclic amide) rings is 1. The van der Waals surface area contributed by atoms with Crippen molar-refractivity contribution in [2.24, 2.45) is 0 Å². The Bertz CT molecular complexity index is 684. The van der Waals surface area contributed by atoms with Crippen molar-refractivity contribution in [3.63, 3.8) is 0 Å². The summed E-state index contributed by atoms with van der Waals surface area (Å²) in [6.45, 7) is 0.304. The van der Waals surface area contributed by atoms with Crippen LogP contribution in [0.5, 0.6) is 5.75 Å². The number of ether oxygens (including phenoxy) is 2. The SMILES string of the molecule is COc1ccc(N2C(=O)[C@@H](OCc3ccccc3)[C@@H]2C=O)cc1. The normalized spacial score (nSPS) is 20.0. The summed E-state index contributed by atoms with van der Waals surface area (Å²) in [5, 5.41) is 0. The van der Waals surface area contributed by atoms with Gasteiger partial charge in [0.2, 0.25) is 0 Å². The Balaban J connectivity index is 1.68. The van der Waals surface area contributed by atoms with Gasteiger partial charge in [0.1, 0.15) is 18.1 Å². The van der Waals surface area contributed by atoms with Gasteiger partial charge in [-0.3, -0.25) is 9.69 Å². The Kier molecular flexibility index (Phi) is 4.39. The molecule has 5 nitrogen and oxygen atoms in total. The average Bonchev–Trinajstić information content (AvgIpc) is 2.61. The van der Waals surface area contributed by atoms with E-state index in [1.54, 1.807) is 31.4 Å². The lowest BCUT2D eigenvalue weighted by Gasteiger charge is -2.43. The lowest BCUT2D eigenvalue weighted by Crippen LogP contribution is -2.66. The molecule has 0 saturated carbocycles. The summed E-state index contributed by atoms with van der Waals surface area (Å²) in [4.78, 5) is 25.1. The molecule has 1 aliphatic rings. The second-order valence-electron chi connectivity index (χ2n) is 5.25. The van der Waals surface area contributed by atoms with E-state index in [4.69, 9.17) is 9.47 Å². The minimum Gasteiger partial charge on any atom is -0.497 e. The molecule has 2 aromatic rings. The first-order valence-corrected chi connectivity index (χ1v) is 7.32. The summed E-state index contributed by atoms with van der Waals surface area (Å²) in [6.07, 6.45) is 0.0243. The molecule has 5 heteroatoms. The Morgan fingerprint density at radius 2 is 1.78 bits per heavy atom. The van der Waals surface area contributed by atoms with E-state index in [0.29, 0.717) is 18.0 Å². The molecule has 2 aromatic carbocycles. The maximum absolute atomic E-state index is 12.3. The number of carbonyl (C=O) groups is 2. The maximum atomic E-state index is 12.3. The van der Waals surface area contributed by atoms with E-state index in [9.17, 15) is 9.59 Å². The smallest absolute Gasteiger partial charge is 0.259 e. The van der Waals surface area contributed by atoms with E-state index in [-0.39, 0.29) is 5.91 Å². The number of hydrogen-bond donors (Lipinski definition) is 0. The van der Waals surface area contributed by atoms with Crippen LogP contribution in [0.15, 0.2) is 54.6 Å². The lowest BCUT2D eigenvalue weighted by molar-refractivity contribution is -0.146. The van der Waals surface area contributed by atoms with Gasteiger partial charge < -0.3 is 14.3 Å². The van der Waals surface area contributed by atoms with E-state index in [2.05, 4.69) is 0 Å². The van der Waals surface area contributed by atoms with Crippen LogP contribution in [-0.4, -0.2) is 31.4 Å². The number of carbonyl (C=O) groups excluding carboxylic acids is 2. The van der Waals surface area contributed by atoms with Crippen molar-refractivity contribution >= 4 is 17.9 Å². The molecule has 1 fully saturated rings. The Morgan fingerprint density at radius 3 is 2.39 bits per heavy atom. The van der Waals surface area contributed by atoms with Crippen LogP contribution in [-0.2, 0) is 20.9 Å². The predicted octanol–water partition coefficient (Wildman–Crippen LogP) is 2.19. The lowest BCUT2D eigenvalue weighted by atomic mass is 9.97. The van der Waals surface area contributed by atoms with Crippen LogP contribution < -0.4 is 9.64 Å². The summed E-state index contributed by atoms with van der Waals surface area (Å²) in [5.41, 5.74) is 1.63. The van der Waals surface area contributed by atoms with Crippen molar-refractivity contribution in [2.45, 2.75) is 18.8 Å². The summed E-state index contributed by atoms with van der Waals surface area (Å²) in [7, 11) is 1.57. The molecule has 0 unspecified atom stereocenters. The zero-order valence-electron chi connectivity index (χ0n) is 12.7. The Hall–Kier alpha value is -2.66. The molecular formula is C18H17NO4. The number of aldehydes is 1. The second kappa shape index (κ2) is 6.62. The molecule has 0 aromatic heterocycles. The second-order valence-corrected chi connectivity index (χ2v) is 5.25. The van der Waals surface area contributed by atoms with Crippen LogP contribution in [0.3, 0.4) is 0 Å². The monoisotopic (exact) mass is 311 g/mol. The largest absolute Gasteiger partial charge is 0.497 e. The zero-order valence-corrected chi connectivity index (χ0v) is 12.7. The van der Waals surface area contributed by atoms with Gasteiger partial charge in [-0.05, 0) is 29.8 Å². The summed E-state index contributed by atoms with van der Waals surface area (Å²) < 4.78 is 10.7. The topological polar surface area (TPSA) is 55.8 Å². The first-order valence-electron chi connectivity index (χ1n) is 7.32. The summed E-state index contributed by atoms with van der Waals surface area (Å²) >= 11 is 0. The van der Waals surface area contributed by atoms with E-state index in [1.807, 2.05) is 30.3 Å². The molecule has 118 valence electrons. The molecule has 1 aliphatic heterocycles. The van der Waals surface area contributed by atoms with Crippen LogP contribution in [0.25, 0.3) is 0 Å². The molecule has 2 atom stereocenters. The molecule has 0 spiro atoms. The van der Waals surface area contributed by atoms with Gasteiger partial charge in [-0.15, -0.1) is 0 Å². The highest BCUT2D eigenvalue weighted by Crippen LogP contribution is 2.30. The van der Waals surface area contributed by atoms with Gasteiger partial charge in [-0.1, -0.05) is 30.3 Å². The molecule has 0 N–H and O–H groups in total. The standard InChI is InChI=1S/C18H17NO4/c1-22-15-9-7-14(8-10-15)19-16(11-20)17(18(19)21)23-12-13-5-3-2-4-6-13/h2-11,16-17H,12H2,1H3/t16-,17-/m0/s1. The summed E-state index contributed by atoms with van der Waals surface area (Å²) in [6, 6.07) is 16.0. The zero-order chi connectivity index (χ0) is 16.2. The fourth-order valence-corrected chi connectivity index (χ4v) is 2.59. The first kappa shape index (κ1) is 15.2. The number of benzene rings is 2. The van der Waals surface area contributed by atoms with Gasteiger partial charge in [0, 0.05) is 5.69 Å². The minimum atomic E-state index is -0.727. The fourth-order valence-electron chi connectivity index (χ4n) is 2.59. The van der Waals surface area contributed by atoms with Crippen LogP contribution in [0, 0.1) is 0 Å². The van der Waals surface area contributed by atoms with E-state index in [0.717, 1.165) is 11.8 Å². The van der Waals surface area contributed by atoms with Crippen molar-refractivity contribution in [2.75, 3.05) is 12.0 Å². The van der Waals surface area contributed by atoms with Crippen LogP contribution in [0.1, 0.15) is 5.56 Å². The van der Waals surface area contributed by atoms with Crippen LogP contribution in [0.4, 0.5) is 5.69 Å². The van der Waals surface area contributed by atoms with E-state index < -0.39 is 12.1 Å². The van der Waals surface area contributed by atoms with Gasteiger partial charge in [0.05, 0.1) is 13.7 Å². The number of methoxy groups -OCH3 is 1. The third-order valence-corrected chi connectivity index (χ3v) is 3.85. The molecule has 1 heterocycles. The first-order chi connectivity index (χ1) is 11.2. The number of amides is 1. The number of anilines is 1. The molecule has 1 saturated heterocycles. The third-order valence-electron chi connectivity index (χ3n) is 3.85. The van der Waals surface area contributed by atoms with Crippen molar-refractivity contribution in [1.29, 1.82) is 0 Å². The predicted molar refractivity (Wildman–Crippen MR) is 85.4 cm³/mol. The molecular weight excluding hydrogens is 294 g/mol. The molecule has 3 rings (SSSR count). The molecule has 0 radical (unpaired) electrons. The molecule has 1 amide bonds. The highest BCUT2D eigenvalue weighted by atomic mass is 16.5. The number of hydrogen-bond acceptors (Lipinski definition) is 4. The number of nitrogens with zero attached hydrogens (tertiary/aromatic N) is 1. The Labute approximate surface area is 134 Å². The van der Waals surface area contributed by atoms with Crippen molar-refractivity contribution in [3.8, 4) is 5.75 Å².